The van der Waals surface area contributed by atoms with E-state index in [1.807, 2.05) is 53.4 Å². The van der Waals surface area contributed by atoms with E-state index in [0.29, 0.717) is 12.5 Å². The minimum atomic E-state index is -0.0895. The Bertz CT molecular complexity index is 936. The molecule has 2 aromatic carbocycles. The highest BCUT2D eigenvalue weighted by atomic mass is 16.2. The van der Waals surface area contributed by atoms with Crippen LogP contribution in [0.3, 0.4) is 0 Å². The maximum Gasteiger partial charge on any atom is 0.293 e. The van der Waals surface area contributed by atoms with E-state index in [2.05, 4.69) is 41.2 Å². The second-order valence-corrected chi connectivity index (χ2v) is 7.42. The van der Waals surface area contributed by atoms with Crippen molar-refractivity contribution in [3.05, 3.63) is 77.9 Å². The summed E-state index contributed by atoms with van der Waals surface area (Å²) in [6, 6.07) is 20.4. The lowest BCUT2D eigenvalue weighted by atomic mass is 10.1. The average molecular weight is 375 g/mol. The van der Waals surface area contributed by atoms with Gasteiger partial charge in [0.1, 0.15) is 5.82 Å². The predicted octanol–water partition coefficient (Wildman–Crippen LogP) is 2.63. The molecule has 0 aliphatic carbocycles. The first kappa shape index (κ1) is 18.4. The molecule has 0 saturated carbocycles. The first-order valence-electron chi connectivity index (χ1n) is 9.63. The van der Waals surface area contributed by atoms with Crippen molar-refractivity contribution in [1.82, 2.24) is 24.6 Å². The fraction of sp³-hybridized carbons (Fsp3) is 0.318. The van der Waals surface area contributed by atoms with Gasteiger partial charge in [-0.05, 0) is 38.2 Å². The fourth-order valence-corrected chi connectivity index (χ4v) is 3.59. The summed E-state index contributed by atoms with van der Waals surface area (Å²) < 4.78 is 1.79. The van der Waals surface area contributed by atoms with Crippen LogP contribution in [0, 0.1) is 0 Å². The van der Waals surface area contributed by atoms with Crippen molar-refractivity contribution in [2.45, 2.75) is 18.9 Å². The third-order valence-electron chi connectivity index (χ3n) is 5.25. The van der Waals surface area contributed by atoms with Gasteiger partial charge in [0.05, 0.1) is 5.69 Å². The molecule has 6 nitrogen and oxygen atoms in total. The van der Waals surface area contributed by atoms with Crippen molar-refractivity contribution in [2.75, 3.05) is 27.2 Å². The summed E-state index contributed by atoms with van der Waals surface area (Å²) >= 11 is 0. The lowest BCUT2D eigenvalue weighted by Crippen LogP contribution is -2.35. The molecule has 0 radical (unpaired) electrons. The number of aromatic nitrogens is 3. The molecule has 28 heavy (non-hydrogen) atoms. The maximum atomic E-state index is 13.0. The van der Waals surface area contributed by atoms with Crippen LogP contribution in [0.5, 0.6) is 0 Å². The van der Waals surface area contributed by atoms with Crippen LogP contribution in [0.2, 0.25) is 0 Å². The van der Waals surface area contributed by atoms with Crippen molar-refractivity contribution in [1.29, 1.82) is 0 Å². The molecule has 2 heterocycles. The van der Waals surface area contributed by atoms with E-state index in [9.17, 15) is 4.79 Å². The number of carbonyl (C=O) groups excluding carboxylic acids is 1. The number of hydrogen-bond donors (Lipinski definition) is 0. The van der Waals surface area contributed by atoms with Crippen molar-refractivity contribution in [3.63, 3.8) is 0 Å². The first-order valence-corrected chi connectivity index (χ1v) is 9.63. The van der Waals surface area contributed by atoms with Crippen LogP contribution in [0.25, 0.3) is 5.69 Å². The van der Waals surface area contributed by atoms with Gasteiger partial charge in [-0.15, -0.1) is 5.10 Å². The lowest BCUT2D eigenvalue weighted by Gasteiger charge is -2.19. The van der Waals surface area contributed by atoms with Crippen LogP contribution in [-0.4, -0.2) is 63.7 Å². The van der Waals surface area contributed by atoms with Crippen LogP contribution in [-0.2, 0) is 6.42 Å². The normalized spacial score (nSPS) is 16.7. The summed E-state index contributed by atoms with van der Waals surface area (Å²) in [6.45, 7) is 1.47. The van der Waals surface area contributed by atoms with Crippen molar-refractivity contribution in [2.24, 2.45) is 0 Å². The van der Waals surface area contributed by atoms with E-state index in [1.165, 1.54) is 0 Å². The molecule has 1 unspecified atom stereocenters. The zero-order chi connectivity index (χ0) is 19.5. The molecule has 0 bridgehead atoms. The summed E-state index contributed by atoms with van der Waals surface area (Å²) in [6.07, 6.45) is 1.60. The number of benzene rings is 2. The fourth-order valence-electron chi connectivity index (χ4n) is 3.59. The molecule has 1 atom stereocenters. The Labute approximate surface area is 165 Å². The third-order valence-corrected chi connectivity index (χ3v) is 5.25. The van der Waals surface area contributed by atoms with Gasteiger partial charge in [-0.25, -0.2) is 9.67 Å². The van der Waals surface area contributed by atoms with E-state index in [4.69, 9.17) is 0 Å². The highest BCUT2D eigenvalue weighted by molar-refractivity contribution is 5.90. The molecule has 1 saturated heterocycles. The second-order valence-electron chi connectivity index (χ2n) is 7.42. The molecule has 144 valence electrons. The monoisotopic (exact) mass is 375 g/mol. The molecular formula is C22H25N5O. The first-order chi connectivity index (χ1) is 13.6. The molecule has 4 rings (SSSR count). The Hall–Kier alpha value is -2.99. The van der Waals surface area contributed by atoms with Crippen molar-refractivity contribution in [3.8, 4) is 5.69 Å². The SMILES string of the molecule is CN(C)C1CCN(C(=O)c2nc(Cc3ccccc3)n(-c3ccccc3)n2)C1. The van der Waals surface area contributed by atoms with Crippen molar-refractivity contribution >= 4 is 5.91 Å². The zero-order valence-electron chi connectivity index (χ0n) is 16.3. The Kier molecular flexibility index (Phi) is 5.21. The summed E-state index contributed by atoms with van der Waals surface area (Å²) in [5.41, 5.74) is 2.05. The average Bonchev–Trinajstić information content (AvgIpc) is 3.37. The Morgan fingerprint density at radius 3 is 2.39 bits per heavy atom. The van der Waals surface area contributed by atoms with E-state index < -0.39 is 0 Å². The minimum absolute atomic E-state index is 0.0895. The van der Waals surface area contributed by atoms with Crippen LogP contribution in [0.4, 0.5) is 0 Å². The van der Waals surface area contributed by atoms with E-state index in [-0.39, 0.29) is 11.7 Å². The topological polar surface area (TPSA) is 54.3 Å². The van der Waals surface area contributed by atoms with E-state index in [1.54, 1.807) is 4.68 Å². The number of hydrogen-bond acceptors (Lipinski definition) is 4. The van der Waals surface area contributed by atoms with Crippen LogP contribution in [0.15, 0.2) is 60.7 Å². The molecular weight excluding hydrogens is 350 g/mol. The van der Waals surface area contributed by atoms with E-state index in [0.717, 1.165) is 36.6 Å². The molecule has 6 heteroatoms. The Balaban J connectivity index is 1.64. The van der Waals surface area contributed by atoms with Gasteiger partial charge >= 0.3 is 0 Å². The highest BCUT2D eigenvalue weighted by Gasteiger charge is 2.30. The highest BCUT2D eigenvalue weighted by Crippen LogP contribution is 2.18. The summed E-state index contributed by atoms with van der Waals surface area (Å²) in [4.78, 5) is 21.7. The summed E-state index contributed by atoms with van der Waals surface area (Å²) in [7, 11) is 4.11. The molecule has 1 amide bonds. The number of para-hydroxylation sites is 1. The number of rotatable bonds is 5. The van der Waals surface area contributed by atoms with Gasteiger partial charge in [-0.1, -0.05) is 48.5 Å². The van der Waals surface area contributed by atoms with Gasteiger partial charge in [0.25, 0.3) is 5.91 Å². The standard InChI is InChI=1S/C22H25N5O/c1-25(2)19-13-14-26(16-19)22(28)21-23-20(15-17-9-5-3-6-10-17)27(24-21)18-11-7-4-8-12-18/h3-12,19H,13-16H2,1-2H3. The number of likely N-dealkylation sites (N-methyl/N-ethyl adjacent to an activating group) is 1. The van der Waals surface area contributed by atoms with Crippen LogP contribution < -0.4 is 0 Å². The second kappa shape index (κ2) is 7.94. The van der Waals surface area contributed by atoms with Gasteiger partial charge in [0.2, 0.25) is 5.82 Å². The zero-order valence-corrected chi connectivity index (χ0v) is 16.3. The number of carbonyl (C=O) groups is 1. The summed E-state index contributed by atoms with van der Waals surface area (Å²) in [5.74, 6) is 0.951. The minimum Gasteiger partial charge on any atom is -0.334 e. The quantitative estimate of drug-likeness (QED) is 0.688. The Morgan fingerprint density at radius 2 is 1.75 bits per heavy atom. The van der Waals surface area contributed by atoms with Gasteiger partial charge in [-0.3, -0.25) is 4.79 Å². The molecule has 0 N–H and O–H groups in total. The summed E-state index contributed by atoms with van der Waals surface area (Å²) in [5, 5.41) is 4.59. The van der Waals surface area contributed by atoms with Gasteiger partial charge < -0.3 is 9.80 Å². The number of nitrogens with zero attached hydrogens (tertiary/aromatic N) is 5. The Morgan fingerprint density at radius 1 is 1.07 bits per heavy atom. The smallest absolute Gasteiger partial charge is 0.293 e. The molecule has 0 spiro atoms. The van der Waals surface area contributed by atoms with Gasteiger partial charge in [0, 0.05) is 25.6 Å². The van der Waals surface area contributed by atoms with Gasteiger partial charge in [0.15, 0.2) is 0 Å². The van der Waals surface area contributed by atoms with Gasteiger partial charge in [-0.2, -0.15) is 0 Å². The van der Waals surface area contributed by atoms with Crippen molar-refractivity contribution < 1.29 is 4.79 Å². The predicted molar refractivity (Wildman–Crippen MR) is 109 cm³/mol. The molecule has 3 aromatic rings. The molecule has 1 fully saturated rings. The van der Waals surface area contributed by atoms with Crippen LogP contribution in [0.1, 0.15) is 28.4 Å². The number of amides is 1. The molecule has 1 aromatic heterocycles. The molecule has 1 aliphatic rings. The lowest BCUT2D eigenvalue weighted by molar-refractivity contribution is 0.0771. The third kappa shape index (κ3) is 3.82. The number of likely N-dealkylation sites (tertiary alicyclic amines) is 1. The largest absolute Gasteiger partial charge is 0.334 e. The van der Waals surface area contributed by atoms with E-state index >= 15 is 0 Å². The van der Waals surface area contributed by atoms with Crippen LogP contribution >= 0.6 is 0 Å². The molecule has 1 aliphatic heterocycles. The maximum absolute atomic E-state index is 13.0.